The summed E-state index contributed by atoms with van der Waals surface area (Å²) >= 11 is 0. The van der Waals surface area contributed by atoms with Crippen molar-refractivity contribution in [3.63, 3.8) is 0 Å². The van der Waals surface area contributed by atoms with Crippen LogP contribution in [0.25, 0.3) is 0 Å². The number of hydrogen-bond donors (Lipinski definition) is 0. The molecule has 0 spiro atoms. The van der Waals surface area contributed by atoms with Gasteiger partial charge in [-0.3, -0.25) is 0 Å². The van der Waals surface area contributed by atoms with E-state index in [1.165, 1.54) is 11.1 Å². The van der Waals surface area contributed by atoms with Gasteiger partial charge in [-0.15, -0.1) is 0 Å². The third-order valence-electron chi connectivity index (χ3n) is 3.43. The predicted octanol–water partition coefficient (Wildman–Crippen LogP) is 4.04. The van der Waals surface area contributed by atoms with E-state index < -0.39 is 5.41 Å². The number of nitrogens with zero attached hydrogens (tertiary/aromatic N) is 2. The highest BCUT2D eigenvalue weighted by Crippen LogP contribution is 2.36. The molecule has 0 saturated carbocycles. The molecule has 1 unspecified atom stereocenters. The van der Waals surface area contributed by atoms with Gasteiger partial charge in [0.2, 0.25) is 0 Å². The lowest BCUT2D eigenvalue weighted by molar-refractivity contribution is 0.185. The van der Waals surface area contributed by atoms with Crippen LogP contribution in [0.3, 0.4) is 0 Å². The first kappa shape index (κ1) is 15.7. The Balaban J connectivity index is 3.03. The predicted molar refractivity (Wildman–Crippen MR) is 80.8 cm³/mol. The molecular formula is C17H26N2. The summed E-state index contributed by atoms with van der Waals surface area (Å²) < 4.78 is 0. The van der Waals surface area contributed by atoms with Gasteiger partial charge >= 0.3 is 0 Å². The summed E-state index contributed by atoms with van der Waals surface area (Å²) in [7, 11) is 4.07. The minimum absolute atomic E-state index is 0.116. The fraction of sp³-hybridized carbons (Fsp3) is 0.588. The van der Waals surface area contributed by atoms with Crippen LogP contribution in [0.4, 0.5) is 0 Å². The van der Waals surface area contributed by atoms with E-state index in [1.807, 2.05) is 27.9 Å². The van der Waals surface area contributed by atoms with Crippen LogP contribution in [0, 0.1) is 22.7 Å². The van der Waals surface area contributed by atoms with E-state index in [2.05, 4.69) is 49.1 Å². The molecule has 0 fully saturated rings. The molecule has 1 rings (SSSR count). The maximum atomic E-state index is 9.37. The SMILES string of the molecule is CC(C)Cc1ccc(C(N(C)C)C(C)(C)C#N)cc1. The van der Waals surface area contributed by atoms with Crippen molar-refractivity contribution in [2.24, 2.45) is 11.3 Å². The zero-order valence-electron chi connectivity index (χ0n) is 13.1. The molecule has 1 atom stereocenters. The molecule has 0 N–H and O–H groups in total. The van der Waals surface area contributed by atoms with Crippen molar-refractivity contribution in [3.05, 3.63) is 35.4 Å². The summed E-state index contributed by atoms with van der Waals surface area (Å²) in [4.78, 5) is 2.13. The van der Waals surface area contributed by atoms with Crippen LogP contribution in [-0.2, 0) is 6.42 Å². The summed E-state index contributed by atoms with van der Waals surface area (Å²) in [6, 6.07) is 11.3. The molecule has 0 aliphatic carbocycles. The molecule has 1 aromatic carbocycles. The molecule has 19 heavy (non-hydrogen) atoms. The second-order valence-corrected chi connectivity index (χ2v) is 6.54. The molecular weight excluding hydrogens is 232 g/mol. The Kier molecular flexibility index (Phi) is 5.14. The topological polar surface area (TPSA) is 27.0 Å². The summed E-state index contributed by atoms with van der Waals surface area (Å²) in [5.41, 5.74) is 2.18. The fourth-order valence-electron chi connectivity index (χ4n) is 2.73. The van der Waals surface area contributed by atoms with Crippen molar-refractivity contribution in [2.45, 2.75) is 40.2 Å². The number of rotatable bonds is 5. The van der Waals surface area contributed by atoms with Crippen molar-refractivity contribution < 1.29 is 0 Å². The average molecular weight is 258 g/mol. The largest absolute Gasteiger partial charge is 0.301 e. The van der Waals surface area contributed by atoms with Crippen LogP contribution in [0.15, 0.2) is 24.3 Å². The first-order valence-corrected chi connectivity index (χ1v) is 6.94. The van der Waals surface area contributed by atoms with Crippen molar-refractivity contribution >= 4 is 0 Å². The van der Waals surface area contributed by atoms with Crippen LogP contribution in [0.2, 0.25) is 0 Å². The van der Waals surface area contributed by atoms with E-state index in [1.54, 1.807) is 0 Å². The Hall–Kier alpha value is -1.33. The van der Waals surface area contributed by atoms with Gasteiger partial charge in [0.25, 0.3) is 0 Å². The summed E-state index contributed by atoms with van der Waals surface area (Å²) in [6.45, 7) is 8.46. The second-order valence-electron chi connectivity index (χ2n) is 6.54. The van der Waals surface area contributed by atoms with Gasteiger partial charge in [-0.25, -0.2) is 0 Å². The first-order chi connectivity index (χ1) is 8.77. The molecule has 0 amide bonds. The monoisotopic (exact) mass is 258 g/mol. The summed E-state index contributed by atoms with van der Waals surface area (Å²) in [5, 5.41) is 9.37. The maximum absolute atomic E-state index is 9.37. The Morgan fingerprint density at radius 2 is 1.68 bits per heavy atom. The van der Waals surface area contributed by atoms with Gasteiger partial charge in [-0.1, -0.05) is 38.1 Å². The van der Waals surface area contributed by atoms with E-state index in [-0.39, 0.29) is 6.04 Å². The standard InChI is InChI=1S/C17H26N2/c1-13(2)11-14-7-9-15(10-8-14)16(19(5)6)17(3,4)12-18/h7-10,13,16H,11H2,1-6H3. The van der Waals surface area contributed by atoms with Crippen LogP contribution in [0.1, 0.15) is 44.9 Å². The van der Waals surface area contributed by atoms with E-state index in [0.29, 0.717) is 5.92 Å². The average Bonchev–Trinajstić information content (AvgIpc) is 2.30. The van der Waals surface area contributed by atoms with Gasteiger partial charge < -0.3 is 4.90 Å². The lowest BCUT2D eigenvalue weighted by Gasteiger charge is -2.34. The summed E-state index contributed by atoms with van der Waals surface area (Å²) in [6.07, 6.45) is 1.11. The third kappa shape index (κ3) is 4.08. The molecule has 1 aromatic rings. The highest BCUT2D eigenvalue weighted by Gasteiger charge is 2.32. The van der Waals surface area contributed by atoms with Gasteiger partial charge in [0.05, 0.1) is 17.5 Å². The molecule has 0 aliphatic rings. The van der Waals surface area contributed by atoms with Crippen molar-refractivity contribution in [3.8, 4) is 6.07 Å². The van der Waals surface area contributed by atoms with Gasteiger partial charge in [-0.05, 0) is 51.4 Å². The van der Waals surface area contributed by atoms with Crippen molar-refractivity contribution in [2.75, 3.05) is 14.1 Å². The quantitative estimate of drug-likeness (QED) is 0.797. The van der Waals surface area contributed by atoms with Gasteiger partial charge in [0.1, 0.15) is 0 Å². The van der Waals surface area contributed by atoms with Crippen LogP contribution in [0.5, 0.6) is 0 Å². The Morgan fingerprint density at radius 1 is 1.16 bits per heavy atom. The molecule has 0 saturated heterocycles. The van der Waals surface area contributed by atoms with E-state index in [4.69, 9.17) is 0 Å². The molecule has 0 bridgehead atoms. The minimum Gasteiger partial charge on any atom is -0.301 e. The molecule has 0 aliphatic heterocycles. The number of hydrogen-bond acceptors (Lipinski definition) is 2. The van der Waals surface area contributed by atoms with Gasteiger partial charge in [0, 0.05) is 0 Å². The normalized spacial score (nSPS) is 13.6. The molecule has 0 radical (unpaired) electrons. The zero-order chi connectivity index (χ0) is 14.6. The second kappa shape index (κ2) is 6.21. The van der Waals surface area contributed by atoms with E-state index >= 15 is 0 Å². The fourth-order valence-corrected chi connectivity index (χ4v) is 2.73. The van der Waals surface area contributed by atoms with Crippen molar-refractivity contribution in [1.82, 2.24) is 4.90 Å². The third-order valence-corrected chi connectivity index (χ3v) is 3.43. The Morgan fingerprint density at radius 3 is 2.05 bits per heavy atom. The highest BCUT2D eigenvalue weighted by atomic mass is 15.1. The molecule has 104 valence electrons. The van der Waals surface area contributed by atoms with Crippen LogP contribution < -0.4 is 0 Å². The van der Waals surface area contributed by atoms with Gasteiger partial charge in [0.15, 0.2) is 0 Å². The van der Waals surface area contributed by atoms with Gasteiger partial charge in [-0.2, -0.15) is 5.26 Å². The lowest BCUT2D eigenvalue weighted by atomic mass is 9.81. The van der Waals surface area contributed by atoms with E-state index in [0.717, 1.165) is 6.42 Å². The van der Waals surface area contributed by atoms with E-state index in [9.17, 15) is 5.26 Å². The zero-order valence-corrected chi connectivity index (χ0v) is 13.1. The minimum atomic E-state index is -0.400. The molecule has 2 nitrogen and oxygen atoms in total. The number of benzene rings is 1. The maximum Gasteiger partial charge on any atom is 0.0714 e. The molecule has 2 heteroatoms. The first-order valence-electron chi connectivity index (χ1n) is 6.94. The number of nitriles is 1. The Bertz CT molecular complexity index is 435. The summed E-state index contributed by atoms with van der Waals surface area (Å²) in [5.74, 6) is 0.672. The van der Waals surface area contributed by atoms with Crippen LogP contribution in [-0.4, -0.2) is 19.0 Å². The lowest BCUT2D eigenvalue weighted by Crippen LogP contribution is -2.32. The molecule has 0 heterocycles. The highest BCUT2D eigenvalue weighted by molar-refractivity contribution is 5.28. The smallest absolute Gasteiger partial charge is 0.0714 e. The van der Waals surface area contributed by atoms with Crippen LogP contribution >= 0.6 is 0 Å². The van der Waals surface area contributed by atoms with Crippen molar-refractivity contribution in [1.29, 1.82) is 5.26 Å². The molecule has 0 aromatic heterocycles. The Labute approximate surface area is 118 Å².